The van der Waals surface area contributed by atoms with Gasteiger partial charge in [-0.3, -0.25) is 0 Å². The van der Waals surface area contributed by atoms with Crippen LogP contribution in [-0.4, -0.2) is 23.8 Å². The SMILES string of the molecule is CCCCCC(O)CCCCCC(N)CN. The standard InChI is InChI=1S/C13H30N2O/c1-2-3-5-9-13(16)10-7-4-6-8-12(15)11-14/h12-13,16H,2-11,14-15H2,1H3. The molecule has 0 rings (SSSR count). The van der Waals surface area contributed by atoms with Gasteiger partial charge in [0.1, 0.15) is 0 Å². The van der Waals surface area contributed by atoms with E-state index in [1.807, 2.05) is 0 Å². The highest BCUT2D eigenvalue weighted by molar-refractivity contribution is 4.62. The lowest BCUT2D eigenvalue weighted by Gasteiger charge is -2.11. The average molecular weight is 230 g/mol. The summed E-state index contributed by atoms with van der Waals surface area (Å²) >= 11 is 0. The minimum Gasteiger partial charge on any atom is -0.393 e. The number of aliphatic hydroxyl groups is 1. The van der Waals surface area contributed by atoms with E-state index in [2.05, 4.69) is 6.92 Å². The summed E-state index contributed by atoms with van der Waals surface area (Å²) in [5.74, 6) is 0. The van der Waals surface area contributed by atoms with Crippen LogP contribution in [0.25, 0.3) is 0 Å². The molecule has 2 atom stereocenters. The molecule has 0 saturated heterocycles. The maximum atomic E-state index is 9.69. The summed E-state index contributed by atoms with van der Waals surface area (Å²) in [6, 6.07) is 0.162. The van der Waals surface area contributed by atoms with E-state index in [9.17, 15) is 5.11 Å². The lowest BCUT2D eigenvalue weighted by molar-refractivity contribution is 0.147. The van der Waals surface area contributed by atoms with E-state index < -0.39 is 0 Å². The molecule has 0 fully saturated rings. The number of aliphatic hydroxyl groups excluding tert-OH is 1. The summed E-state index contributed by atoms with van der Waals surface area (Å²) in [6.07, 6.45) is 9.89. The quantitative estimate of drug-likeness (QED) is 0.476. The maximum absolute atomic E-state index is 9.69. The molecule has 98 valence electrons. The van der Waals surface area contributed by atoms with Crippen molar-refractivity contribution in [3.63, 3.8) is 0 Å². The first-order valence-electron chi connectivity index (χ1n) is 6.84. The van der Waals surface area contributed by atoms with Crippen LogP contribution in [0.4, 0.5) is 0 Å². The fraction of sp³-hybridized carbons (Fsp3) is 1.00. The monoisotopic (exact) mass is 230 g/mol. The molecular weight excluding hydrogens is 200 g/mol. The molecule has 0 heterocycles. The molecule has 0 saturated carbocycles. The van der Waals surface area contributed by atoms with Crippen molar-refractivity contribution < 1.29 is 5.11 Å². The molecule has 2 unspecified atom stereocenters. The highest BCUT2D eigenvalue weighted by Crippen LogP contribution is 2.11. The van der Waals surface area contributed by atoms with Crippen LogP contribution in [0.15, 0.2) is 0 Å². The highest BCUT2D eigenvalue weighted by atomic mass is 16.3. The van der Waals surface area contributed by atoms with E-state index in [1.54, 1.807) is 0 Å². The Hall–Kier alpha value is -0.120. The lowest BCUT2D eigenvalue weighted by Crippen LogP contribution is -2.29. The van der Waals surface area contributed by atoms with Crippen LogP contribution in [0.5, 0.6) is 0 Å². The summed E-state index contributed by atoms with van der Waals surface area (Å²) in [5.41, 5.74) is 11.2. The largest absolute Gasteiger partial charge is 0.393 e. The number of nitrogens with two attached hydrogens (primary N) is 2. The highest BCUT2D eigenvalue weighted by Gasteiger charge is 2.04. The summed E-state index contributed by atoms with van der Waals surface area (Å²) in [4.78, 5) is 0. The Balaban J connectivity index is 3.17. The third-order valence-electron chi connectivity index (χ3n) is 3.06. The molecule has 0 aromatic rings. The first-order chi connectivity index (χ1) is 7.70. The van der Waals surface area contributed by atoms with Gasteiger partial charge in [-0.25, -0.2) is 0 Å². The molecule has 0 amide bonds. The van der Waals surface area contributed by atoms with Crippen molar-refractivity contribution in [2.24, 2.45) is 11.5 Å². The second-order valence-corrected chi connectivity index (χ2v) is 4.78. The Morgan fingerprint density at radius 2 is 1.50 bits per heavy atom. The molecule has 0 aliphatic heterocycles. The molecule has 0 aliphatic carbocycles. The van der Waals surface area contributed by atoms with Gasteiger partial charge in [0.25, 0.3) is 0 Å². The van der Waals surface area contributed by atoms with Gasteiger partial charge in [0.2, 0.25) is 0 Å². The zero-order chi connectivity index (χ0) is 12.2. The van der Waals surface area contributed by atoms with E-state index in [-0.39, 0.29) is 12.1 Å². The zero-order valence-corrected chi connectivity index (χ0v) is 10.8. The predicted molar refractivity (Wildman–Crippen MR) is 70.3 cm³/mol. The second kappa shape index (κ2) is 11.4. The van der Waals surface area contributed by atoms with Crippen molar-refractivity contribution in [1.82, 2.24) is 0 Å². The van der Waals surface area contributed by atoms with E-state index >= 15 is 0 Å². The zero-order valence-electron chi connectivity index (χ0n) is 10.8. The molecule has 0 aliphatic rings. The topological polar surface area (TPSA) is 72.3 Å². The fourth-order valence-corrected chi connectivity index (χ4v) is 1.86. The Kier molecular flexibility index (Phi) is 11.3. The van der Waals surface area contributed by atoms with Crippen LogP contribution in [-0.2, 0) is 0 Å². The van der Waals surface area contributed by atoms with Crippen LogP contribution >= 0.6 is 0 Å². The molecular formula is C13H30N2O. The van der Waals surface area contributed by atoms with Gasteiger partial charge in [-0.1, -0.05) is 45.4 Å². The predicted octanol–water partition coefficient (Wildman–Crippen LogP) is 2.16. The molecule has 0 bridgehead atoms. The van der Waals surface area contributed by atoms with Crippen LogP contribution in [0, 0.1) is 0 Å². The third kappa shape index (κ3) is 10.4. The molecule has 3 nitrogen and oxygen atoms in total. The Morgan fingerprint density at radius 1 is 0.938 bits per heavy atom. The van der Waals surface area contributed by atoms with Crippen LogP contribution in [0.3, 0.4) is 0 Å². The first-order valence-corrected chi connectivity index (χ1v) is 6.84. The number of rotatable bonds is 11. The van der Waals surface area contributed by atoms with Gasteiger partial charge in [-0.2, -0.15) is 0 Å². The van der Waals surface area contributed by atoms with E-state index in [4.69, 9.17) is 11.5 Å². The van der Waals surface area contributed by atoms with Gasteiger partial charge >= 0.3 is 0 Å². The molecule has 0 spiro atoms. The van der Waals surface area contributed by atoms with Gasteiger partial charge in [-0.15, -0.1) is 0 Å². The van der Waals surface area contributed by atoms with Gasteiger partial charge in [0, 0.05) is 12.6 Å². The van der Waals surface area contributed by atoms with E-state index in [0.29, 0.717) is 6.54 Å². The summed E-state index contributed by atoms with van der Waals surface area (Å²) in [6.45, 7) is 2.77. The molecule has 5 N–H and O–H groups in total. The summed E-state index contributed by atoms with van der Waals surface area (Å²) < 4.78 is 0. The fourth-order valence-electron chi connectivity index (χ4n) is 1.86. The molecule has 3 heteroatoms. The van der Waals surface area contributed by atoms with Crippen LogP contribution in [0.2, 0.25) is 0 Å². The Morgan fingerprint density at radius 3 is 2.06 bits per heavy atom. The minimum absolute atomic E-state index is 0.0882. The van der Waals surface area contributed by atoms with Crippen molar-refractivity contribution in [1.29, 1.82) is 0 Å². The van der Waals surface area contributed by atoms with Gasteiger partial charge in [0.05, 0.1) is 6.10 Å². The molecule has 0 aromatic heterocycles. The summed E-state index contributed by atoms with van der Waals surface area (Å²) in [7, 11) is 0. The smallest absolute Gasteiger partial charge is 0.0540 e. The number of hydrogen-bond donors (Lipinski definition) is 3. The Labute approximate surface area is 101 Å². The van der Waals surface area contributed by atoms with Gasteiger partial charge in [0.15, 0.2) is 0 Å². The third-order valence-corrected chi connectivity index (χ3v) is 3.06. The maximum Gasteiger partial charge on any atom is 0.0540 e. The number of unbranched alkanes of at least 4 members (excludes halogenated alkanes) is 4. The van der Waals surface area contributed by atoms with Crippen molar-refractivity contribution in [3.05, 3.63) is 0 Å². The van der Waals surface area contributed by atoms with Crippen LogP contribution in [0.1, 0.15) is 64.7 Å². The lowest BCUT2D eigenvalue weighted by atomic mass is 10.0. The normalized spacial score (nSPS) is 15.0. The molecule has 0 radical (unpaired) electrons. The second-order valence-electron chi connectivity index (χ2n) is 4.78. The minimum atomic E-state index is -0.0882. The first kappa shape index (κ1) is 15.9. The molecule has 16 heavy (non-hydrogen) atoms. The van der Waals surface area contributed by atoms with E-state index in [0.717, 1.165) is 38.5 Å². The van der Waals surface area contributed by atoms with Crippen LogP contribution < -0.4 is 11.5 Å². The van der Waals surface area contributed by atoms with Crippen molar-refractivity contribution >= 4 is 0 Å². The Bertz CT molecular complexity index is 142. The average Bonchev–Trinajstić information content (AvgIpc) is 2.28. The number of hydrogen-bond acceptors (Lipinski definition) is 3. The summed E-state index contributed by atoms with van der Waals surface area (Å²) in [5, 5.41) is 9.69. The van der Waals surface area contributed by atoms with Crippen molar-refractivity contribution in [2.45, 2.75) is 76.9 Å². The van der Waals surface area contributed by atoms with Gasteiger partial charge < -0.3 is 16.6 Å². The van der Waals surface area contributed by atoms with E-state index in [1.165, 1.54) is 19.3 Å². The van der Waals surface area contributed by atoms with Crippen molar-refractivity contribution in [3.8, 4) is 0 Å². The van der Waals surface area contributed by atoms with Crippen molar-refractivity contribution in [2.75, 3.05) is 6.54 Å². The molecule has 0 aromatic carbocycles. The van der Waals surface area contributed by atoms with Gasteiger partial charge in [-0.05, 0) is 19.3 Å².